The van der Waals surface area contributed by atoms with Gasteiger partial charge in [-0.3, -0.25) is 4.79 Å². The van der Waals surface area contributed by atoms with Crippen molar-refractivity contribution in [3.8, 4) is 0 Å². The van der Waals surface area contributed by atoms with Crippen molar-refractivity contribution >= 4 is 15.6 Å². The molecule has 0 heterocycles. The average molecular weight is 363 g/mol. The minimum Gasteiger partial charge on any atom is -0.299 e. The van der Waals surface area contributed by atoms with Crippen LogP contribution in [0.15, 0.2) is 35.2 Å². The predicted molar refractivity (Wildman–Crippen MR) is 100 cm³/mol. The molecule has 0 aromatic heterocycles. The summed E-state index contributed by atoms with van der Waals surface area (Å²) in [6.45, 7) is 6.62. The normalized spacial score (nSPS) is 33.9. The molecule has 3 nitrogen and oxygen atoms in total. The van der Waals surface area contributed by atoms with Gasteiger partial charge in [-0.2, -0.15) is 0 Å². The summed E-state index contributed by atoms with van der Waals surface area (Å²) in [6.07, 6.45) is 5.47. The van der Waals surface area contributed by atoms with E-state index in [1.807, 2.05) is 6.07 Å². The standard InChI is InChI=1S/C21H30O3S/c1-16(12-15-25(23,24)17-8-5-4-6-9-17)18-11-14-21(3)19(22)10-7-13-20(18,21)2/h4-6,8-9,16,18H,7,10-15H2,1-3H3/t16?,18?,20-,21+/m1/s1. The van der Waals surface area contributed by atoms with Crippen LogP contribution in [0.3, 0.4) is 0 Å². The lowest BCUT2D eigenvalue weighted by Gasteiger charge is -2.48. The van der Waals surface area contributed by atoms with Gasteiger partial charge >= 0.3 is 0 Å². The van der Waals surface area contributed by atoms with E-state index in [-0.39, 0.29) is 16.6 Å². The van der Waals surface area contributed by atoms with E-state index in [0.29, 0.717) is 28.9 Å². The first-order chi connectivity index (χ1) is 11.7. The van der Waals surface area contributed by atoms with Crippen LogP contribution in [-0.2, 0) is 14.6 Å². The van der Waals surface area contributed by atoms with Gasteiger partial charge in [0.2, 0.25) is 0 Å². The second-order valence-electron chi connectivity index (χ2n) is 8.57. The number of sulfone groups is 1. The van der Waals surface area contributed by atoms with Gasteiger partial charge in [0.1, 0.15) is 5.78 Å². The van der Waals surface area contributed by atoms with Gasteiger partial charge in [0, 0.05) is 11.8 Å². The second-order valence-corrected chi connectivity index (χ2v) is 10.7. The predicted octanol–water partition coefficient (Wildman–Crippen LogP) is 4.66. The van der Waals surface area contributed by atoms with E-state index in [2.05, 4.69) is 20.8 Å². The number of ketones is 1. The Balaban J connectivity index is 1.72. The highest BCUT2D eigenvalue weighted by atomic mass is 32.2. The number of rotatable bonds is 5. The number of fused-ring (bicyclic) bond motifs is 1. The van der Waals surface area contributed by atoms with Crippen molar-refractivity contribution in [3.63, 3.8) is 0 Å². The Kier molecular flexibility index (Phi) is 4.87. The smallest absolute Gasteiger partial charge is 0.178 e. The van der Waals surface area contributed by atoms with E-state index in [0.717, 1.165) is 32.1 Å². The zero-order valence-corrected chi connectivity index (χ0v) is 16.4. The number of carbonyl (C=O) groups excluding carboxylic acids is 1. The molecular weight excluding hydrogens is 332 g/mol. The van der Waals surface area contributed by atoms with Gasteiger partial charge in [0.15, 0.2) is 9.84 Å². The molecule has 2 aliphatic rings. The van der Waals surface area contributed by atoms with Crippen LogP contribution in [0.5, 0.6) is 0 Å². The molecule has 3 rings (SSSR count). The fraction of sp³-hybridized carbons (Fsp3) is 0.667. The third-order valence-corrected chi connectivity index (χ3v) is 9.14. The van der Waals surface area contributed by atoms with Crippen molar-refractivity contribution in [2.24, 2.45) is 22.7 Å². The van der Waals surface area contributed by atoms with Gasteiger partial charge in [0.25, 0.3) is 0 Å². The van der Waals surface area contributed by atoms with Crippen LogP contribution >= 0.6 is 0 Å². The Hall–Kier alpha value is -1.16. The first-order valence-corrected chi connectivity index (χ1v) is 11.2. The molecule has 0 saturated heterocycles. The summed E-state index contributed by atoms with van der Waals surface area (Å²) in [7, 11) is -3.23. The lowest BCUT2D eigenvalue weighted by Crippen LogP contribution is -2.47. The highest BCUT2D eigenvalue weighted by Crippen LogP contribution is 2.63. The van der Waals surface area contributed by atoms with E-state index >= 15 is 0 Å². The molecule has 0 N–H and O–H groups in total. The fourth-order valence-corrected chi connectivity index (χ4v) is 6.96. The second kappa shape index (κ2) is 6.53. The van der Waals surface area contributed by atoms with Gasteiger partial charge in [-0.15, -0.1) is 0 Å². The van der Waals surface area contributed by atoms with Crippen LogP contribution in [-0.4, -0.2) is 20.0 Å². The summed E-state index contributed by atoms with van der Waals surface area (Å²) in [5.41, 5.74) is -0.180. The van der Waals surface area contributed by atoms with Crippen molar-refractivity contribution in [1.29, 1.82) is 0 Å². The lowest BCUT2D eigenvalue weighted by atomic mass is 9.55. The molecule has 2 saturated carbocycles. The molecule has 2 aliphatic carbocycles. The third-order valence-electron chi connectivity index (χ3n) is 7.38. The van der Waals surface area contributed by atoms with Gasteiger partial charge in [-0.1, -0.05) is 39.0 Å². The molecule has 0 bridgehead atoms. The van der Waals surface area contributed by atoms with Crippen LogP contribution in [0.2, 0.25) is 0 Å². The quantitative estimate of drug-likeness (QED) is 0.765. The molecule has 0 spiro atoms. The van der Waals surface area contributed by atoms with Gasteiger partial charge in [-0.25, -0.2) is 8.42 Å². The Bertz CT molecular complexity index is 740. The number of benzene rings is 1. The van der Waals surface area contributed by atoms with Crippen molar-refractivity contribution < 1.29 is 13.2 Å². The van der Waals surface area contributed by atoms with Crippen LogP contribution in [0.25, 0.3) is 0 Å². The highest BCUT2D eigenvalue weighted by molar-refractivity contribution is 7.91. The van der Waals surface area contributed by atoms with Crippen molar-refractivity contribution in [3.05, 3.63) is 30.3 Å². The van der Waals surface area contributed by atoms with Crippen LogP contribution in [0, 0.1) is 22.7 Å². The molecule has 2 fully saturated rings. The maximum absolute atomic E-state index is 12.6. The summed E-state index contributed by atoms with van der Waals surface area (Å²) in [6, 6.07) is 8.73. The van der Waals surface area contributed by atoms with E-state index in [1.165, 1.54) is 0 Å². The maximum Gasteiger partial charge on any atom is 0.178 e. The largest absolute Gasteiger partial charge is 0.299 e. The molecule has 138 valence electrons. The fourth-order valence-electron chi connectivity index (χ4n) is 5.47. The van der Waals surface area contributed by atoms with Crippen molar-refractivity contribution in [2.45, 2.75) is 64.2 Å². The summed E-state index contributed by atoms with van der Waals surface area (Å²) in [5.74, 6) is 1.37. The topological polar surface area (TPSA) is 51.2 Å². The van der Waals surface area contributed by atoms with Gasteiger partial charge < -0.3 is 0 Å². The first-order valence-electron chi connectivity index (χ1n) is 9.52. The van der Waals surface area contributed by atoms with Crippen LogP contribution in [0.1, 0.15) is 59.3 Å². The highest BCUT2D eigenvalue weighted by Gasteiger charge is 2.59. The molecular formula is C21H30O3S. The number of hydrogen-bond acceptors (Lipinski definition) is 3. The lowest BCUT2D eigenvalue weighted by molar-refractivity contribution is -0.140. The van der Waals surface area contributed by atoms with Crippen molar-refractivity contribution in [1.82, 2.24) is 0 Å². The number of Topliss-reactive ketones (excluding diaryl/α,β-unsaturated/α-hetero) is 1. The minimum absolute atomic E-state index is 0.0261. The Morgan fingerprint density at radius 1 is 1.16 bits per heavy atom. The number of carbonyl (C=O) groups is 1. The summed E-state index contributed by atoms with van der Waals surface area (Å²) in [5, 5.41) is 0. The first kappa shape index (κ1) is 18.6. The van der Waals surface area contributed by atoms with Crippen LogP contribution in [0.4, 0.5) is 0 Å². The Morgan fingerprint density at radius 2 is 1.84 bits per heavy atom. The molecule has 25 heavy (non-hydrogen) atoms. The molecule has 4 atom stereocenters. The molecule has 1 aromatic rings. The SMILES string of the molecule is CC(CCS(=O)(=O)c1ccccc1)C1CC[C@@]2(C)C(=O)CCC[C@]12C. The minimum atomic E-state index is -3.23. The van der Waals surface area contributed by atoms with Gasteiger partial charge in [0.05, 0.1) is 10.6 Å². The zero-order chi connectivity index (χ0) is 18.3. The molecule has 0 amide bonds. The summed E-state index contributed by atoms with van der Waals surface area (Å²) in [4.78, 5) is 13.0. The molecule has 2 unspecified atom stereocenters. The third kappa shape index (κ3) is 3.07. The van der Waals surface area contributed by atoms with E-state index in [4.69, 9.17) is 0 Å². The van der Waals surface area contributed by atoms with Gasteiger partial charge in [-0.05, 0) is 61.5 Å². The molecule has 1 aromatic carbocycles. The summed E-state index contributed by atoms with van der Waals surface area (Å²) >= 11 is 0. The Labute approximate surface area is 152 Å². The molecule has 0 aliphatic heterocycles. The zero-order valence-electron chi connectivity index (χ0n) is 15.6. The van der Waals surface area contributed by atoms with Crippen LogP contribution < -0.4 is 0 Å². The average Bonchev–Trinajstić information content (AvgIpc) is 2.87. The van der Waals surface area contributed by atoms with Crippen molar-refractivity contribution in [2.75, 3.05) is 5.75 Å². The maximum atomic E-state index is 12.6. The van der Waals surface area contributed by atoms with E-state index < -0.39 is 9.84 Å². The molecule has 4 heteroatoms. The Morgan fingerprint density at radius 3 is 2.52 bits per heavy atom. The van der Waals surface area contributed by atoms with E-state index in [1.54, 1.807) is 24.3 Å². The molecule has 0 radical (unpaired) electrons. The summed E-state index contributed by atoms with van der Waals surface area (Å²) < 4.78 is 25.2. The number of hydrogen-bond donors (Lipinski definition) is 0. The monoisotopic (exact) mass is 362 g/mol. The van der Waals surface area contributed by atoms with E-state index in [9.17, 15) is 13.2 Å².